The van der Waals surface area contributed by atoms with Crippen LogP contribution in [-0.4, -0.2) is 0 Å². The molecule has 0 radical (unpaired) electrons. The van der Waals surface area contributed by atoms with Crippen LogP contribution in [0.3, 0.4) is 0 Å². The highest BCUT2D eigenvalue weighted by Crippen LogP contribution is 2.67. The Morgan fingerprint density at radius 2 is 0.803 bits per heavy atom. The molecule has 0 unspecified atom stereocenters. The van der Waals surface area contributed by atoms with Crippen LogP contribution < -0.4 is 9.80 Å². The second-order valence-electron chi connectivity index (χ2n) is 17.5. The average Bonchev–Trinajstić information content (AvgIpc) is 4.03. The Bertz CT molecular complexity index is 3750. The lowest BCUT2D eigenvalue weighted by Crippen LogP contribution is -2.26. The van der Waals surface area contributed by atoms with Crippen LogP contribution in [0.25, 0.3) is 65.7 Å². The number of nitrogens with zero attached hydrogens (tertiary/aromatic N) is 2. The molecule has 2 aliphatic rings. The number of hydrogen-bond donors (Lipinski definition) is 0. The Labute approximate surface area is 382 Å². The van der Waals surface area contributed by atoms with Gasteiger partial charge >= 0.3 is 0 Å². The first-order valence-corrected chi connectivity index (χ1v) is 22.8. The Morgan fingerprint density at radius 1 is 0.318 bits per heavy atom. The third-order valence-electron chi connectivity index (χ3n) is 14.2. The summed E-state index contributed by atoms with van der Waals surface area (Å²) in [5.74, 6) is 0. The second kappa shape index (κ2) is 14.2. The molecular formula is C63H40N2O. The molecule has 0 saturated carbocycles. The van der Waals surface area contributed by atoms with Gasteiger partial charge in [-0.3, -0.25) is 0 Å². The van der Waals surface area contributed by atoms with Crippen molar-refractivity contribution in [1.29, 1.82) is 0 Å². The zero-order valence-electron chi connectivity index (χ0n) is 35.9. The minimum atomic E-state index is -0.637. The van der Waals surface area contributed by atoms with Gasteiger partial charge in [-0.15, -0.1) is 0 Å². The smallest absolute Gasteiger partial charge is 0.143 e. The third kappa shape index (κ3) is 5.08. The van der Waals surface area contributed by atoms with Crippen LogP contribution in [0.15, 0.2) is 247 Å². The molecule has 3 nitrogen and oxygen atoms in total. The highest BCUT2D eigenvalue weighted by Gasteiger charge is 2.54. The fourth-order valence-corrected chi connectivity index (χ4v) is 11.6. The Morgan fingerprint density at radius 3 is 1.38 bits per heavy atom. The van der Waals surface area contributed by atoms with Gasteiger partial charge in [0.25, 0.3) is 0 Å². The first kappa shape index (κ1) is 36.8. The molecule has 14 rings (SSSR count). The van der Waals surface area contributed by atoms with E-state index in [0.29, 0.717) is 0 Å². The number of anilines is 6. The van der Waals surface area contributed by atoms with Gasteiger partial charge in [0.1, 0.15) is 11.2 Å². The van der Waals surface area contributed by atoms with E-state index in [-0.39, 0.29) is 0 Å². The highest BCUT2D eigenvalue weighted by atomic mass is 16.3. The monoisotopic (exact) mass is 840 g/mol. The molecule has 3 heteroatoms. The molecule has 0 amide bonds. The number of benzene rings is 11. The zero-order valence-corrected chi connectivity index (χ0v) is 35.9. The summed E-state index contributed by atoms with van der Waals surface area (Å²) in [6.07, 6.45) is 0. The molecule has 2 aliphatic carbocycles. The summed E-state index contributed by atoms with van der Waals surface area (Å²) in [5, 5.41) is 7.00. The molecule has 1 aromatic heterocycles. The van der Waals surface area contributed by atoms with Gasteiger partial charge in [0.15, 0.2) is 0 Å². The number of rotatable bonds is 6. The lowest BCUT2D eigenvalue weighted by Gasteiger charge is -2.33. The van der Waals surface area contributed by atoms with Gasteiger partial charge in [0, 0.05) is 50.3 Å². The molecule has 66 heavy (non-hydrogen) atoms. The molecular weight excluding hydrogens is 801 g/mol. The van der Waals surface area contributed by atoms with E-state index in [1.54, 1.807) is 0 Å². The first-order chi connectivity index (χ1) is 32.8. The maximum absolute atomic E-state index is 7.13. The van der Waals surface area contributed by atoms with Crippen molar-refractivity contribution in [3.63, 3.8) is 0 Å². The van der Waals surface area contributed by atoms with Crippen molar-refractivity contribution < 1.29 is 4.42 Å². The van der Waals surface area contributed by atoms with Crippen LogP contribution in [0.5, 0.6) is 0 Å². The predicted octanol–water partition coefficient (Wildman–Crippen LogP) is 17.2. The van der Waals surface area contributed by atoms with Gasteiger partial charge in [0.05, 0.1) is 5.41 Å². The summed E-state index contributed by atoms with van der Waals surface area (Å²) in [5.41, 5.74) is 18.1. The fourth-order valence-electron chi connectivity index (χ4n) is 11.6. The van der Waals surface area contributed by atoms with Crippen molar-refractivity contribution in [2.45, 2.75) is 5.41 Å². The lowest BCUT2D eigenvalue weighted by molar-refractivity contribution is 0.672. The summed E-state index contributed by atoms with van der Waals surface area (Å²) in [6.45, 7) is 0. The maximum atomic E-state index is 7.13. The van der Waals surface area contributed by atoms with E-state index in [2.05, 4.69) is 252 Å². The summed E-state index contributed by atoms with van der Waals surface area (Å²) in [4.78, 5) is 4.71. The molecule has 1 heterocycles. The predicted molar refractivity (Wildman–Crippen MR) is 274 cm³/mol. The Hall–Kier alpha value is -8.66. The Kier molecular flexibility index (Phi) is 7.90. The largest absolute Gasteiger partial charge is 0.455 e. The molecule has 0 aliphatic heterocycles. The molecule has 0 bridgehead atoms. The van der Waals surface area contributed by atoms with Crippen LogP contribution in [0.2, 0.25) is 0 Å². The number of para-hydroxylation sites is 5. The van der Waals surface area contributed by atoms with E-state index >= 15 is 0 Å². The molecule has 308 valence electrons. The van der Waals surface area contributed by atoms with Crippen LogP contribution >= 0.6 is 0 Å². The molecule has 0 saturated heterocycles. The van der Waals surface area contributed by atoms with Gasteiger partial charge in [-0.05, 0) is 140 Å². The van der Waals surface area contributed by atoms with E-state index < -0.39 is 5.41 Å². The van der Waals surface area contributed by atoms with Gasteiger partial charge in [-0.25, -0.2) is 0 Å². The van der Waals surface area contributed by atoms with Crippen LogP contribution in [0, 0.1) is 0 Å². The van der Waals surface area contributed by atoms with Crippen molar-refractivity contribution in [2.24, 2.45) is 0 Å². The second-order valence-corrected chi connectivity index (χ2v) is 17.5. The van der Waals surface area contributed by atoms with E-state index in [1.807, 2.05) is 0 Å². The van der Waals surface area contributed by atoms with Gasteiger partial charge in [0.2, 0.25) is 0 Å². The van der Waals surface area contributed by atoms with E-state index in [0.717, 1.165) is 61.4 Å². The normalized spacial score (nSPS) is 13.0. The van der Waals surface area contributed by atoms with Gasteiger partial charge in [-0.1, -0.05) is 164 Å². The van der Waals surface area contributed by atoms with Crippen molar-refractivity contribution in [3.8, 4) is 22.3 Å². The van der Waals surface area contributed by atoms with Crippen LogP contribution in [0.4, 0.5) is 34.1 Å². The van der Waals surface area contributed by atoms with E-state index in [1.165, 1.54) is 60.7 Å². The highest BCUT2D eigenvalue weighted by molar-refractivity contribution is 6.27. The summed E-state index contributed by atoms with van der Waals surface area (Å²) < 4.78 is 7.13. The molecule has 11 aromatic carbocycles. The minimum Gasteiger partial charge on any atom is -0.455 e. The fraction of sp³-hybridized carbons (Fsp3) is 0.0159. The zero-order chi connectivity index (χ0) is 43.3. The maximum Gasteiger partial charge on any atom is 0.143 e. The topological polar surface area (TPSA) is 19.6 Å². The number of fused-ring (bicyclic) bond motifs is 19. The van der Waals surface area contributed by atoms with Crippen molar-refractivity contribution in [2.75, 3.05) is 9.80 Å². The first-order valence-electron chi connectivity index (χ1n) is 22.8. The average molecular weight is 841 g/mol. The minimum absolute atomic E-state index is 0.637. The summed E-state index contributed by atoms with van der Waals surface area (Å²) in [7, 11) is 0. The molecule has 12 aromatic rings. The summed E-state index contributed by atoms with van der Waals surface area (Å²) >= 11 is 0. The molecule has 0 atom stereocenters. The van der Waals surface area contributed by atoms with Crippen LogP contribution in [0.1, 0.15) is 22.3 Å². The van der Waals surface area contributed by atoms with Crippen molar-refractivity contribution in [1.82, 2.24) is 0 Å². The standard InChI is InChI=1S/C63H40N2O/c1-5-19-42(20-6-1)64(43-21-7-2-8-22-43)46-34-37-48-41(39-46)33-36-53-58-59-52-29-15-18-32-57(52)66-62(59)54-40-47(65(44-23-9-3-10-24-44)45-25-11-4-12-26-45)35-38-51(54)61(58)63(60(48)53)55-30-16-13-27-49(55)50-28-14-17-31-56(50)63/h1-40H. The van der Waals surface area contributed by atoms with Crippen molar-refractivity contribution >= 4 is 77.6 Å². The number of furan rings is 1. The third-order valence-corrected chi connectivity index (χ3v) is 14.2. The Balaban J connectivity index is 1.12. The molecule has 1 spiro atoms. The van der Waals surface area contributed by atoms with Crippen molar-refractivity contribution in [3.05, 3.63) is 265 Å². The molecule has 0 N–H and O–H groups in total. The van der Waals surface area contributed by atoms with Gasteiger partial charge < -0.3 is 14.2 Å². The number of hydrogen-bond acceptors (Lipinski definition) is 3. The molecule has 0 fully saturated rings. The van der Waals surface area contributed by atoms with Gasteiger partial charge in [-0.2, -0.15) is 0 Å². The quantitative estimate of drug-likeness (QED) is 0.166. The SMILES string of the molecule is c1ccc(N(c2ccccc2)c2ccc3c4c(ccc3c2)-c2c(c3ccc(N(c5ccccc5)c5ccccc5)cc3c3oc5ccccc5c23)C42c3ccccc3-c3ccccc32)cc1. The van der Waals surface area contributed by atoms with Crippen LogP contribution in [-0.2, 0) is 5.41 Å². The lowest BCUT2D eigenvalue weighted by atomic mass is 9.68. The summed E-state index contributed by atoms with van der Waals surface area (Å²) in [6, 6.07) is 88.5. The van der Waals surface area contributed by atoms with E-state index in [4.69, 9.17) is 4.42 Å². The van der Waals surface area contributed by atoms with E-state index in [9.17, 15) is 0 Å².